The van der Waals surface area contributed by atoms with Crippen LogP contribution in [-0.2, 0) is 14.3 Å². The monoisotopic (exact) mass is 378 g/mol. The van der Waals surface area contributed by atoms with Crippen molar-refractivity contribution in [2.24, 2.45) is 28.6 Å². The molecule has 5 nitrogen and oxygen atoms in total. The Morgan fingerprint density at radius 3 is 2.41 bits per heavy atom. The van der Waals surface area contributed by atoms with E-state index >= 15 is 0 Å². The van der Waals surface area contributed by atoms with Crippen molar-refractivity contribution in [1.82, 2.24) is 0 Å². The van der Waals surface area contributed by atoms with Crippen molar-refractivity contribution < 1.29 is 24.5 Å². The topological polar surface area (TPSA) is 83.8 Å². The Bertz CT molecular complexity index is 649. The van der Waals surface area contributed by atoms with Gasteiger partial charge in [-0.3, -0.25) is 4.79 Å². The molecule has 0 unspecified atom stereocenters. The van der Waals surface area contributed by atoms with Crippen LogP contribution in [0.3, 0.4) is 0 Å². The van der Waals surface area contributed by atoms with E-state index < -0.39 is 16.6 Å². The third kappa shape index (κ3) is 2.43. The summed E-state index contributed by atoms with van der Waals surface area (Å²) in [7, 11) is 0. The van der Waals surface area contributed by atoms with Crippen LogP contribution in [0.4, 0.5) is 0 Å². The number of carbonyl (C=O) groups is 2. The van der Waals surface area contributed by atoms with Gasteiger partial charge in [0.15, 0.2) is 6.29 Å². The summed E-state index contributed by atoms with van der Waals surface area (Å²) in [5.41, 5.74) is -2.98. The number of hydrogen-bond donors (Lipinski definition) is 2. The number of esters is 1. The second kappa shape index (κ2) is 6.03. The van der Waals surface area contributed by atoms with Gasteiger partial charge in [-0.15, -0.1) is 0 Å². The van der Waals surface area contributed by atoms with Gasteiger partial charge in [-0.1, -0.05) is 13.8 Å². The van der Waals surface area contributed by atoms with Crippen LogP contribution in [0.25, 0.3) is 0 Å². The van der Waals surface area contributed by atoms with E-state index in [2.05, 4.69) is 6.92 Å². The van der Waals surface area contributed by atoms with Crippen LogP contribution in [0.15, 0.2) is 0 Å². The van der Waals surface area contributed by atoms with Crippen molar-refractivity contribution in [3.05, 3.63) is 0 Å². The summed E-state index contributed by atoms with van der Waals surface area (Å²) < 4.78 is 5.51. The van der Waals surface area contributed by atoms with Crippen LogP contribution in [0.2, 0.25) is 0 Å². The summed E-state index contributed by atoms with van der Waals surface area (Å²) in [5.74, 6) is 0.855. The lowest BCUT2D eigenvalue weighted by Crippen LogP contribution is -2.65. The molecule has 0 bridgehead atoms. The van der Waals surface area contributed by atoms with Crippen LogP contribution in [-0.4, -0.2) is 39.8 Å². The van der Waals surface area contributed by atoms with Gasteiger partial charge in [0.2, 0.25) is 0 Å². The average molecular weight is 379 g/mol. The zero-order valence-electron chi connectivity index (χ0n) is 16.9. The van der Waals surface area contributed by atoms with Gasteiger partial charge < -0.3 is 19.7 Å². The Labute approximate surface area is 161 Å². The zero-order chi connectivity index (χ0) is 19.7. The third-order valence-electron chi connectivity index (χ3n) is 9.54. The SMILES string of the molecule is CC(=O)O[C@H]1CC[C@@]2(C)[C@@H](CC[C@@H]3[C@@H]2CC[C@]2(C)[C@@](O)(C=O)CC[C@]32O)C1. The van der Waals surface area contributed by atoms with Crippen molar-refractivity contribution in [2.45, 2.75) is 95.9 Å². The molecule has 152 valence electrons. The summed E-state index contributed by atoms with van der Waals surface area (Å²) in [4.78, 5) is 23.1. The van der Waals surface area contributed by atoms with E-state index in [1.165, 1.54) is 6.92 Å². The summed E-state index contributed by atoms with van der Waals surface area (Å²) in [5, 5.41) is 22.8. The van der Waals surface area contributed by atoms with Crippen LogP contribution in [0.5, 0.6) is 0 Å². The van der Waals surface area contributed by atoms with Gasteiger partial charge in [0.05, 0.1) is 5.60 Å². The largest absolute Gasteiger partial charge is 0.463 e. The number of carbonyl (C=O) groups excluding carboxylic acids is 2. The first-order valence-electron chi connectivity index (χ1n) is 10.7. The number of fused-ring (bicyclic) bond motifs is 5. The molecule has 0 heterocycles. The van der Waals surface area contributed by atoms with Gasteiger partial charge in [-0.05, 0) is 81.0 Å². The van der Waals surface area contributed by atoms with Crippen molar-refractivity contribution in [1.29, 1.82) is 0 Å². The molecule has 4 saturated carbocycles. The lowest BCUT2D eigenvalue weighted by molar-refractivity contribution is -0.231. The highest BCUT2D eigenvalue weighted by Crippen LogP contribution is 2.69. The zero-order valence-corrected chi connectivity index (χ0v) is 16.9. The van der Waals surface area contributed by atoms with E-state index in [0.717, 1.165) is 38.5 Å². The maximum Gasteiger partial charge on any atom is 0.302 e. The molecular weight excluding hydrogens is 344 g/mol. The van der Waals surface area contributed by atoms with Gasteiger partial charge >= 0.3 is 5.97 Å². The maximum atomic E-state index is 11.8. The van der Waals surface area contributed by atoms with E-state index in [-0.39, 0.29) is 23.4 Å². The minimum atomic E-state index is -1.41. The minimum Gasteiger partial charge on any atom is -0.463 e. The predicted molar refractivity (Wildman–Crippen MR) is 99.8 cm³/mol. The van der Waals surface area contributed by atoms with Gasteiger partial charge in [0, 0.05) is 12.3 Å². The number of aldehydes is 1. The highest BCUT2D eigenvalue weighted by Gasteiger charge is 2.71. The molecule has 2 N–H and O–H groups in total. The fraction of sp³-hybridized carbons (Fsp3) is 0.909. The first kappa shape index (κ1) is 19.4. The van der Waals surface area contributed by atoms with Gasteiger partial charge in [0.25, 0.3) is 0 Å². The Balaban J connectivity index is 1.61. The highest BCUT2D eigenvalue weighted by atomic mass is 16.5. The molecule has 0 saturated heterocycles. The minimum absolute atomic E-state index is 0.0284. The van der Waals surface area contributed by atoms with Gasteiger partial charge in [-0.2, -0.15) is 0 Å². The molecular formula is C22H34O5. The van der Waals surface area contributed by atoms with Crippen LogP contribution >= 0.6 is 0 Å². The average Bonchev–Trinajstić information content (AvgIpc) is 2.83. The molecule has 4 aliphatic carbocycles. The van der Waals surface area contributed by atoms with E-state index in [1.54, 1.807) is 0 Å². The summed E-state index contributed by atoms with van der Waals surface area (Å²) >= 11 is 0. The van der Waals surface area contributed by atoms with Gasteiger partial charge in [0.1, 0.15) is 11.7 Å². The van der Waals surface area contributed by atoms with Crippen molar-refractivity contribution in [2.75, 3.05) is 0 Å². The molecule has 0 aromatic heterocycles. The Morgan fingerprint density at radius 2 is 1.74 bits per heavy atom. The molecule has 0 spiro atoms. The van der Waals surface area contributed by atoms with Crippen LogP contribution in [0.1, 0.15) is 78.6 Å². The fourth-order valence-electron chi connectivity index (χ4n) is 7.77. The lowest BCUT2D eigenvalue weighted by Gasteiger charge is -2.64. The normalized spacial score (nSPS) is 54.4. The maximum absolute atomic E-state index is 11.8. The Morgan fingerprint density at radius 1 is 1.00 bits per heavy atom. The molecule has 4 rings (SSSR count). The number of ether oxygens (including phenoxy) is 1. The van der Waals surface area contributed by atoms with E-state index in [1.807, 2.05) is 6.92 Å². The molecule has 4 aliphatic rings. The van der Waals surface area contributed by atoms with E-state index in [4.69, 9.17) is 4.74 Å². The standard InChI is InChI=1S/C22H34O5/c1-14(24)27-16-6-8-19(2)15(12-16)4-5-18-17(19)7-9-20(3)21(25,13-23)10-11-22(18,20)26/h13,15-18,25-26H,4-12H2,1-3H3/t15-,16-,17-,18+,19-,20+,21-,22-/m0/s1. The molecule has 0 aromatic rings. The fourth-order valence-corrected chi connectivity index (χ4v) is 7.77. The molecule has 0 radical (unpaired) electrons. The van der Waals surface area contributed by atoms with Crippen LogP contribution in [0, 0.1) is 28.6 Å². The molecule has 0 aliphatic heterocycles. The molecule has 0 aromatic carbocycles. The third-order valence-corrected chi connectivity index (χ3v) is 9.54. The molecule has 5 heteroatoms. The van der Waals surface area contributed by atoms with Crippen molar-refractivity contribution >= 4 is 12.3 Å². The number of rotatable bonds is 2. The summed E-state index contributed by atoms with van der Waals surface area (Å²) in [6, 6.07) is 0. The van der Waals surface area contributed by atoms with Gasteiger partial charge in [-0.25, -0.2) is 0 Å². The number of aliphatic hydroxyl groups is 2. The highest BCUT2D eigenvalue weighted by molar-refractivity contribution is 5.66. The molecule has 4 fully saturated rings. The summed E-state index contributed by atoms with van der Waals surface area (Å²) in [6.07, 6.45) is 8.01. The van der Waals surface area contributed by atoms with E-state index in [0.29, 0.717) is 37.4 Å². The van der Waals surface area contributed by atoms with Crippen molar-refractivity contribution in [3.63, 3.8) is 0 Å². The Kier molecular flexibility index (Phi) is 4.33. The smallest absolute Gasteiger partial charge is 0.302 e. The van der Waals surface area contributed by atoms with Crippen LogP contribution < -0.4 is 0 Å². The second-order valence-corrected chi connectivity index (χ2v) is 10.3. The predicted octanol–water partition coefficient (Wildman–Crippen LogP) is 3.01. The molecule has 27 heavy (non-hydrogen) atoms. The lowest BCUT2D eigenvalue weighted by atomic mass is 9.43. The van der Waals surface area contributed by atoms with E-state index in [9.17, 15) is 19.8 Å². The van der Waals surface area contributed by atoms with Crippen molar-refractivity contribution in [3.8, 4) is 0 Å². The number of hydrogen-bond acceptors (Lipinski definition) is 5. The molecule has 8 atom stereocenters. The summed E-state index contributed by atoms with van der Waals surface area (Å²) in [6.45, 7) is 5.78. The first-order valence-corrected chi connectivity index (χ1v) is 10.7. The molecule has 0 amide bonds. The quantitative estimate of drug-likeness (QED) is 0.570. The first-order chi connectivity index (χ1) is 12.6. The Hall–Kier alpha value is -0.940. The second-order valence-electron chi connectivity index (χ2n) is 10.3.